The van der Waals surface area contributed by atoms with Crippen LogP contribution in [0.2, 0.25) is 0 Å². The molecule has 6 rings (SSSR count). The molecule has 2 N–H and O–H groups in total. The maximum Gasteiger partial charge on any atom is 0.255 e. The second kappa shape index (κ2) is 45.6. The second-order valence-corrected chi connectivity index (χ2v) is 23.1. The lowest BCUT2D eigenvalue weighted by molar-refractivity contribution is 0.101. The topological polar surface area (TPSA) is 121 Å². The van der Waals surface area contributed by atoms with E-state index in [1.54, 1.807) is 36.9 Å². The molecule has 0 fully saturated rings. The Labute approximate surface area is 522 Å². The Bertz CT molecular complexity index is 2350. The number of ether oxygens (including phenoxy) is 4. The molecule has 4 aromatic carbocycles. The first-order valence-electron chi connectivity index (χ1n) is 30.6. The molecular weight excluding hydrogens is 1190 g/mol. The van der Waals surface area contributed by atoms with Crippen LogP contribution in [0.5, 0.6) is 23.0 Å². The van der Waals surface area contributed by atoms with Gasteiger partial charge in [-0.2, -0.15) is 0 Å². The summed E-state index contributed by atoms with van der Waals surface area (Å²) >= 11 is 3.27. The first-order valence-corrected chi connectivity index (χ1v) is 32.3. The third-order valence-electron chi connectivity index (χ3n) is 14.5. The quantitative estimate of drug-likeness (QED) is 0.0364. The molecule has 0 radical (unpaired) electrons. The van der Waals surface area contributed by atoms with Gasteiger partial charge in [-0.15, -0.1) is 56.6 Å². The maximum atomic E-state index is 12.8. The highest BCUT2D eigenvalue weighted by Gasteiger charge is 2.13. The molecule has 2 amide bonds. The van der Waals surface area contributed by atoms with Crippen LogP contribution in [0.25, 0.3) is 0 Å². The van der Waals surface area contributed by atoms with E-state index < -0.39 is 0 Å². The molecule has 0 spiro atoms. The van der Waals surface area contributed by atoms with Gasteiger partial charge in [-0.05, 0) is 72.5 Å². The van der Waals surface area contributed by atoms with E-state index in [-0.39, 0.29) is 45.8 Å². The fourth-order valence-corrected chi connectivity index (χ4v) is 11.0. The first kappa shape index (κ1) is 71.5. The van der Waals surface area contributed by atoms with Gasteiger partial charge in [0.2, 0.25) is 0 Å². The van der Waals surface area contributed by atoms with Crippen molar-refractivity contribution in [1.29, 1.82) is 0 Å². The minimum atomic E-state index is -0.154. The van der Waals surface area contributed by atoms with Crippen LogP contribution in [0.4, 0.5) is 11.4 Å². The largest absolute Gasteiger partial charge is 0.493 e. The smallest absolute Gasteiger partial charge is 0.255 e. The van der Waals surface area contributed by atoms with Gasteiger partial charge in [-0.3, -0.25) is 9.59 Å². The van der Waals surface area contributed by atoms with Gasteiger partial charge in [-0.1, -0.05) is 205 Å². The Kier molecular flexibility index (Phi) is 39.8. The summed E-state index contributed by atoms with van der Waals surface area (Å²) in [6.45, 7) is 5.90. The molecule has 0 atom stereocenters. The highest BCUT2D eigenvalue weighted by atomic mass is 79.9. The van der Waals surface area contributed by atoms with Crippen LogP contribution >= 0.6 is 56.6 Å². The summed E-state index contributed by atoms with van der Waals surface area (Å²) in [4.78, 5) is 34.2. The zero-order valence-electron chi connectivity index (χ0n) is 50.0. The molecule has 0 saturated heterocycles. The number of nitrogens with zero attached hydrogens (tertiary/aromatic N) is 2. The molecule has 10 nitrogen and oxygen atoms in total. The molecule has 0 bridgehead atoms. The zero-order chi connectivity index (χ0) is 56.5. The van der Waals surface area contributed by atoms with Gasteiger partial charge >= 0.3 is 0 Å². The molecule has 0 aliphatic rings. The molecule has 0 aliphatic heterocycles. The van der Waals surface area contributed by atoms with E-state index in [4.69, 9.17) is 18.9 Å². The number of rotatable bonds is 42. The number of amides is 2. The number of aromatic nitrogens is 2. The summed E-state index contributed by atoms with van der Waals surface area (Å²) in [6.07, 6.45) is 42.7. The number of anilines is 2. The van der Waals surface area contributed by atoms with Crippen LogP contribution in [-0.2, 0) is 12.8 Å². The van der Waals surface area contributed by atoms with Gasteiger partial charge in [-0.25, -0.2) is 9.97 Å². The SMILES string of the molecule is Br.Br.CCCCCCCCCCCCCCCCOc1ccc(NC(=O)c2ccc(Cc3nccs3)cc2)cc1OC.CCCCCCCCCCCCCCCCOc1ccc(NC(=O)c2ccc(Cc3nccs3)cc2)cc1OC. The molecule has 0 unspecified atom stereocenters. The number of carbonyl (C=O) groups excluding carboxylic acids is 2. The van der Waals surface area contributed by atoms with Crippen LogP contribution in [0, 0.1) is 0 Å². The van der Waals surface area contributed by atoms with E-state index in [2.05, 4.69) is 34.4 Å². The minimum Gasteiger partial charge on any atom is -0.493 e. The van der Waals surface area contributed by atoms with Crippen LogP contribution in [0.15, 0.2) is 108 Å². The number of hydrogen-bond donors (Lipinski definition) is 2. The Balaban J connectivity index is 0.000000420. The fraction of sp³-hybridized carbons (Fsp3) is 0.529. The Morgan fingerprint density at radius 1 is 0.402 bits per heavy atom. The van der Waals surface area contributed by atoms with Crippen LogP contribution < -0.4 is 29.6 Å². The molecule has 6 aromatic rings. The van der Waals surface area contributed by atoms with Crippen molar-refractivity contribution in [1.82, 2.24) is 9.97 Å². The standard InChI is InChI=1S/2C34H48N2O3S.2BrH/c2*1-3-4-5-6-7-8-9-10-11-12-13-14-15-16-24-39-31-22-21-30(27-32(31)38-2)36-34(37)29-19-17-28(18-20-29)26-33-35-23-25-40-33;;/h2*17-23,25,27H,3-16,24,26H2,1-2H3,(H,36,37);2*1H. The lowest BCUT2D eigenvalue weighted by Gasteiger charge is -2.13. The van der Waals surface area contributed by atoms with Gasteiger partial charge in [0.25, 0.3) is 11.8 Å². The number of hydrogen-bond acceptors (Lipinski definition) is 10. The summed E-state index contributed by atoms with van der Waals surface area (Å²) in [6, 6.07) is 26.4. The molecule has 2 heterocycles. The van der Waals surface area contributed by atoms with Crippen molar-refractivity contribution in [3.05, 3.63) is 140 Å². The minimum absolute atomic E-state index is 0. The van der Waals surface area contributed by atoms with Crippen molar-refractivity contribution >= 4 is 79.8 Å². The highest BCUT2D eigenvalue weighted by Crippen LogP contribution is 2.32. The summed E-state index contributed by atoms with van der Waals surface area (Å²) in [5, 5.41) is 12.0. The third kappa shape index (κ3) is 30.2. The maximum absolute atomic E-state index is 12.8. The van der Waals surface area contributed by atoms with Gasteiger partial charge in [0.05, 0.1) is 37.4 Å². The van der Waals surface area contributed by atoms with E-state index in [1.165, 1.54) is 167 Å². The van der Waals surface area contributed by atoms with E-state index in [0.717, 1.165) is 46.8 Å². The number of thiazole rings is 2. The summed E-state index contributed by atoms with van der Waals surface area (Å²) in [5.74, 6) is 2.37. The number of carbonyl (C=O) groups is 2. The van der Waals surface area contributed by atoms with E-state index in [0.29, 0.717) is 58.7 Å². The predicted octanol–water partition coefficient (Wildman–Crippen LogP) is 20.9. The monoisotopic (exact) mass is 1290 g/mol. The summed E-state index contributed by atoms with van der Waals surface area (Å²) in [5.41, 5.74) is 4.84. The van der Waals surface area contributed by atoms with Crippen molar-refractivity contribution in [2.24, 2.45) is 0 Å². The number of halogens is 2. The average Bonchev–Trinajstić information content (AvgIpc) is 4.22. The number of benzene rings is 4. The Hall–Kier alpha value is -4.76. The average molecular weight is 1290 g/mol. The molecule has 0 aliphatic carbocycles. The van der Waals surface area contributed by atoms with Crippen molar-refractivity contribution < 1.29 is 28.5 Å². The fourth-order valence-electron chi connectivity index (χ4n) is 9.67. The summed E-state index contributed by atoms with van der Waals surface area (Å²) < 4.78 is 23.1. The third-order valence-corrected chi connectivity index (χ3v) is 16.0. The van der Waals surface area contributed by atoms with Gasteiger partial charge in [0.15, 0.2) is 23.0 Å². The molecule has 2 aromatic heterocycles. The van der Waals surface area contributed by atoms with Gasteiger partial charge in [0, 0.05) is 70.6 Å². The van der Waals surface area contributed by atoms with E-state index in [1.807, 2.05) is 108 Å². The Morgan fingerprint density at radius 2 is 0.707 bits per heavy atom. The second-order valence-electron chi connectivity index (χ2n) is 21.1. The lowest BCUT2D eigenvalue weighted by atomic mass is 10.0. The lowest BCUT2D eigenvalue weighted by Crippen LogP contribution is -2.12. The van der Waals surface area contributed by atoms with Crippen LogP contribution in [-0.4, -0.2) is 49.2 Å². The molecule has 14 heteroatoms. The molecule has 82 heavy (non-hydrogen) atoms. The first-order chi connectivity index (χ1) is 39.4. The van der Waals surface area contributed by atoms with E-state index in [9.17, 15) is 9.59 Å². The van der Waals surface area contributed by atoms with E-state index >= 15 is 0 Å². The van der Waals surface area contributed by atoms with Gasteiger partial charge < -0.3 is 29.6 Å². The van der Waals surface area contributed by atoms with Crippen molar-refractivity contribution in [2.75, 3.05) is 38.1 Å². The molecule has 452 valence electrons. The molecular formula is C68H98Br2N4O6S2. The number of unbranched alkanes of at least 4 members (excludes halogenated alkanes) is 26. The zero-order valence-corrected chi connectivity index (χ0v) is 55.1. The highest BCUT2D eigenvalue weighted by molar-refractivity contribution is 8.93. The van der Waals surface area contributed by atoms with Crippen LogP contribution in [0.3, 0.4) is 0 Å². The van der Waals surface area contributed by atoms with Gasteiger partial charge in [0.1, 0.15) is 0 Å². The molecule has 0 saturated carbocycles. The van der Waals surface area contributed by atoms with Crippen LogP contribution in [0.1, 0.15) is 235 Å². The summed E-state index contributed by atoms with van der Waals surface area (Å²) in [7, 11) is 3.25. The Morgan fingerprint density at radius 3 is 0.988 bits per heavy atom. The van der Waals surface area contributed by atoms with Crippen molar-refractivity contribution in [3.8, 4) is 23.0 Å². The normalized spacial score (nSPS) is 10.7. The van der Waals surface area contributed by atoms with Crippen molar-refractivity contribution in [2.45, 2.75) is 206 Å². The number of nitrogens with one attached hydrogen (secondary N) is 2. The van der Waals surface area contributed by atoms with Crippen molar-refractivity contribution in [3.63, 3.8) is 0 Å². The number of methoxy groups -OCH3 is 2. The predicted molar refractivity (Wildman–Crippen MR) is 357 cm³/mol.